The lowest BCUT2D eigenvalue weighted by molar-refractivity contribution is 0.196. The highest BCUT2D eigenvalue weighted by molar-refractivity contribution is 5.77. The highest BCUT2D eigenvalue weighted by Gasteiger charge is 2.36. The van der Waals surface area contributed by atoms with E-state index in [-0.39, 0.29) is 11.2 Å². The van der Waals surface area contributed by atoms with E-state index >= 15 is 0 Å². The first-order chi connectivity index (χ1) is 10.0. The molecule has 0 aliphatic heterocycles. The Hall–Kier alpha value is -1.84. The summed E-state index contributed by atoms with van der Waals surface area (Å²) in [5, 5.41) is 7.24. The van der Waals surface area contributed by atoms with Crippen molar-refractivity contribution < 1.29 is 4.39 Å². The summed E-state index contributed by atoms with van der Waals surface area (Å²) in [6, 6.07) is 6.77. The first-order valence-electron chi connectivity index (χ1n) is 7.59. The van der Waals surface area contributed by atoms with Crippen molar-refractivity contribution in [3.8, 4) is 11.1 Å². The minimum absolute atomic E-state index is 0.178. The summed E-state index contributed by atoms with van der Waals surface area (Å²) in [6.07, 6.45) is 4.72. The summed E-state index contributed by atoms with van der Waals surface area (Å²) in [4.78, 5) is 0. The van der Waals surface area contributed by atoms with E-state index in [2.05, 4.69) is 24.0 Å². The van der Waals surface area contributed by atoms with Crippen LogP contribution in [0.5, 0.6) is 0 Å². The third kappa shape index (κ3) is 2.43. The Balaban J connectivity index is 2.11. The van der Waals surface area contributed by atoms with Gasteiger partial charge in [0.25, 0.3) is 0 Å². The lowest BCUT2D eigenvalue weighted by atomic mass is 9.67. The van der Waals surface area contributed by atoms with Gasteiger partial charge in [0.1, 0.15) is 5.82 Å². The van der Waals surface area contributed by atoms with E-state index in [1.165, 1.54) is 25.3 Å². The zero-order valence-corrected chi connectivity index (χ0v) is 12.6. The van der Waals surface area contributed by atoms with Crippen LogP contribution in [-0.4, -0.2) is 10.2 Å². The number of aromatic amines is 1. The van der Waals surface area contributed by atoms with Crippen LogP contribution in [0.2, 0.25) is 0 Å². The number of rotatable bonds is 2. The molecule has 0 bridgehead atoms. The van der Waals surface area contributed by atoms with E-state index in [9.17, 15) is 4.39 Å². The second-order valence-corrected chi connectivity index (χ2v) is 6.66. The third-order valence-corrected chi connectivity index (χ3v) is 4.82. The maximum Gasteiger partial charge on any atom is 0.153 e. The highest BCUT2D eigenvalue weighted by atomic mass is 19.1. The Morgan fingerprint density at radius 2 is 2.05 bits per heavy atom. The van der Waals surface area contributed by atoms with Gasteiger partial charge in [0.2, 0.25) is 0 Å². The summed E-state index contributed by atoms with van der Waals surface area (Å²) < 4.78 is 14.2. The molecule has 3 N–H and O–H groups in total. The molecule has 1 unspecified atom stereocenters. The topological polar surface area (TPSA) is 54.7 Å². The van der Waals surface area contributed by atoms with Crippen LogP contribution in [0, 0.1) is 11.2 Å². The molecule has 0 amide bonds. The van der Waals surface area contributed by atoms with Gasteiger partial charge in [0.15, 0.2) is 5.82 Å². The van der Waals surface area contributed by atoms with E-state index in [0.29, 0.717) is 17.3 Å². The second-order valence-electron chi connectivity index (χ2n) is 6.66. The number of nitrogens with zero attached hydrogens (tertiary/aromatic N) is 1. The minimum atomic E-state index is -0.250. The molecule has 1 aromatic carbocycles. The minimum Gasteiger partial charge on any atom is -0.382 e. The van der Waals surface area contributed by atoms with Gasteiger partial charge in [-0.1, -0.05) is 44.9 Å². The summed E-state index contributed by atoms with van der Waals surface area (Å²) in [5.74, 6) is 0.475. The molecule has 4 heteroatoms. The lowest BCUT2D eigenvalue weighted by Gasteiger charge is -2.38. The summed E-state index contributed by atoms with van der Waals surface area (Å²) in [7, 11) is 0. The summed E-state index contributed by atoms with van der Waals surface area (Å²) >= 11 is 0. The normalized spacial score (nSPS) is 21.4. The predicted octanol–water partition coefficient (Wildman–Crippen LogP) is 4.48. The SMILES string of the molecule is CC1(C)CCCCC1c1[nH]nc(N)c1-c1ccccc1F. The first kappa shape index (κ1) is 14.1. The maximum absolute atomic E-state index is 14.2. The van der Waals surface area contributed by atoms with Gasteiger partial charge in [-0.15, -0.1) is 0 Å². The van der Waals surface area contributed by atoms with E-state index in [1.807, 2.05) is 6.07 Å². The highest BCUT2D eigenvalue weighted by Crippen LogP contribution is 2.49. The van der Waals surface area contributed by atoms with Crippen molar-refractivity contribution in [1.82, 2.24) is 10.2 Å². The number of nitrogen functional groups attached to an aromatic ring is 1. The molecule has 1 aliphatic rings. The van der Waals surface area contributed by atoms with Gasteiger partial charge < -0.3 is 5.73 Å². The summed E-state index contributed by atoms with van der Waals surface area (Å²) in [6.45, 7) is 4.55. The molecule has 1 saturated carbocycles. The van der Waals surface area contributed by atoms with E-state index in [1.54, 1.807) is 12.1 Å². The zero-order valence-electron chi connectivity index (χ0n) is 12.6. The molecular weight excluding hydrogens is 265 g/mol. The first-order valence-corrected chi connectivity index (χ1v) is 7.59. The fourth-order valence-electron chi connectivity index (χ4n) is 3.60. The van der Waals surface area contributed by atoms with Crippen molar-refractivity contribution in [2.75, 3.05) is 5.73 Å². The van der Waals surface area contributed by atoms with E-state index in [0.717, 1.165) is 17.7 Å². The van der Waals surface area contributed by atoms with Crippen LogP contribution in [0.3, 0.4) is 0 Å². The number of H-pyrrole nitrogens is 1. The van der Waals surface area contributed by atoms with Gasteiger partial charge in [0, 0.05) is 22.7 Å². The predicted molar refractivity (Wildman–Crippen MR) is 83.4 cm³/mol. The van der Waals surface area contributed by atoms with Gasteiger partial charge in [-0.2, -0.15) is 5.10 Å². The molecule has 0 saturated heterocycles. The molecule has 3 rings (SSSR count). The molecule has 1 heterocycles. The number of hydrogen-bond donors (Lipinski definition) is 2. The standard InChI is InChI=1S/C17H22FN3/c1-17(2)10-6-5-8-12(17)15-14(16(19)21-20-15)11-7-3-4-9-13(11)18/h3-4,7,9,12H,5-6,8,10H2,1-2H3,(H3,19,20,21). The Morgan fingerprint density at radius 1 is 1.29 bits per heavy atom. The van der Waals surface area contributed by atoms with Gasteiger partial charge in [-0.05, 0) is 24.3 Å². The Kier molecular flexibility index (Phi) is 3.47. The number of nitrogens with two attached hydrogens (primary N) is 1. The van der Waals surface area contributed by atoms with Crippen LogP contribution in [0.1, 0.15) is 51.1 Å². The molecule has 112 valence electrons. The molecule has 1 aliphatic carbocycles. The van der Waals surface area contributed by atoms with Crippen LogP contribution >= 0.6 is 0 Å². The van der Waals surface area contributed by atoms with Gasteiger partial charge >= 0.3 is 0 Å². The van der Waals surface area contributed by atoms with E-state index < -0.39 is 0 Å². The second kappa shape index (κ2) is 5.17. The van der Waals surface area contributed by atoms with Crippen molar-refractivity contribution in [1.29, 1.82) is 0 Å². The number of anilines is 1. The average molecular weight is 287 g/mol. The molecule has 1 atom stereocenters. The lowest BCUT2D eigenvalue weighted by Crippen LogP contribution is -2.26. The van der Waals surface area contributed by atoms with Crippen LogP contribution in [-0.2, 0) is 0 Å². The quantitative estimate of drug-likeness (QED) is 0.855. The van der Waals surface area contributed by atoms with Crippen molar-refractivity contribution in [2.45, 2.75) is 45.4 Å². The molecule has 0 radical (unpaired) electrons. The fraction of sp³-hybridized carbons (Fsp3) is 0.471. The number of hydrogen-bond acceptors (Lipinski definition) is 2. The molecule has 21 heavy (non-hydrogen) atoms. The van der Waals surface area contributed by atoms with Crippen LogP contribution in [0.15, 0.2) is 24.3 Å². The molecule has 0 spiro atoms. The summed E-state index contributed by atoms with van der Waals surface area (Å²) in [5.41, 5.74) is 8.48. The molecular formula is C17H22FN3. The average Bonchev–Trinajstić information content (AvgIpc) is 2.80. The number of aromatic nitrogens is 2. The Morgan fingerprint density at radius 3 is 2.76 bits per heavy atom. The molecule has 1 fully saturated rings. The van der Waals surface area contributed by atoms with Crippen molar-refractivity contribution in [2.24, 2.45) is 5.41 Å². The molecule has 3 nitrogen and oxygen atoms in total. The monoisotopic (exact) mass is 287 g/mol. The largest absolute Gasteiger partial charge is 0.382 e. The molecule has 2 aromatic rings. The number of benzene rings is 1. The van der Waals surface area contributed by atoms with Gasteiger partial charge in [0.05, 0.1) is 0 Å². The molecule has 1 aromatic heterocycles. The van der Waals surface area contributed by atoms with Crippen LogP contribution in [0.25, 0.3) is 11.1 Å². The van der Waals surface area contributed by atoms with Crippen molar-refractivity contribution >= 4 is 5.82 Å². The van der Waals surface area contributed by atoms with Crippen molar-refractivity contribution in [3.05, 3.63) is 35.8 Å². The maximum atomic E-state index is 14.2. The number of nitrogens with one attached hydrogen (secondary N) is 1. The third-order valence-electron chi connectivity index (χ3n) is 4.82. The Labute approximate surface area is 124 Å². The van der Waals surface area contributed by atoms with Crippen LogP contribution in [0.4, 0.5) is 10.2 Å². The van der Waals surface area contributed by atoms with Crippen LogP contribution < -0.4 is 5.73 Å². The van der Waals surface area contributed by atoms with Gasteiger partial charge in [-0.25, -0.2) is 4.39 Å². The fourth-order valence-corrected chi connectivity index (χ4v) is 3.60. The van der Waals surface area contributed by atoms with Crippen molar-refractivity contribution in [3.63, 3.8) is 0 Å². The number of halogens is 1. The Bertz CT molecular complexity index is 645. The van der Waals surface area contributed by atoms with E-state index in [4.69, 9.17) is 5.73 Å². The smallest absolute Gasteiger partial charge is 0.153 e. The van der Waals surface area contributed by atoms with Gasteiger partial charge in [-0.3, -0.25) is 5.10 Å². The zero-order chi connectivity index (χ0) is 15.0.